The number of nitrogens with one attached hydrogen (secondary N) is 1. The number of phenolic OH excluding ortho intramolecular Hbond substituents is 1. The minimum absolute atomic E-state index is 0.0941. The molecule has 1 aromatic carbocycles. The molecule has 1 fully saturated rings. The zero-order valence-electron chi connectivity index (χ0n) is 15.2. The van der Waals surface area contributed by atoms with Crippen LogP contribution in [0, 0.1) is 5.82 Å². The third kappa shape index (κ3) is 2.49. The predicted octanol–water partition coefficient (Wildman–Crippen LogP) is 2.33. The number of aromatic hydroxyl groups is 1. The van der Waals surface area contributed by atoms with E-state index in [1.807, 2.05) is 0 Å². The molecular formula is C20H18FN5O2. The topological polar surface area (TPSA) is 85.0 Å². The van der Waals surface area contributed by atoms with Crippen LogP contribution in [0.25, 0.3) is 33.1 Å². The maximum atomic E-state index is 14.5. The van der Waals surface area contributed by atoms with Crippen LogP contribution in [0.1, 0.15) is 12.5 Å². The molecule has 1 atom stereocenters. The number of hydrogen-bond acceptors (Lipinski definition) is 5. The molecular weight excluding hydrogens is 361 g/mol. The van der Waals surface area contributed by atoms with Gasteiger partial charge in [0.25, 0.3) is 5.56 Å². The Morgan fingerprint density at radius 1 is 1.32 bits per heavy atom. The first-order valence-corrected chi connectivity index (χ1v) is 9.11. The van der Waals surface area contributed by atoms with Crippen LogP contribution in [-0.4, -0.2) is 37.5 Å². The van der Waals surface area contributed by atoms with Crippen molar-refractivity contribution in [2.45, 2.75) is 12.5 Å². The molecule has 0 unspecified atom stereocenters. The highest BCUT2D eigenvalue weighted by Gasteiger charge is 2.20. The van der Waals surface area contributed by atoms with E-state index < -0.39 is 11.6 Å². The molecule has 8 heteroatoms. The molecule has 28 heavy (non-hydrogen) atoms. The van der Waals surface area contributed by atoms with Gasteiger partial charge in [-0.2, -0.15) is 5.10 Å². The Morgan fingerprint density at radius 3 is 2.96 bits per heavy atom. The fraction of sp³-hybridized carbons (Fsp3) is 0.250. The van der Waals surface area contributed by atoms with Gasteiger partial charge in [-0.1, -0.05) is 0 Å². The monoisotopic (exact) mass is 379 g/mol. The zero-order valence-corrected chi connectivity index (χ0v) is 15.2. The lowest BCUT2D eigenvalue weighted by Crippen LogP contribution is -2.25. The Morgan fingerprint density at radius 2 is 2.18 bits per heavy atom. The molecule has 0 spiro atoms. The van der Waals surface area contributed by atoms with Crippen LogP contribution < -0.4 is 10.9 Å². The second kappa shape index (κ2) is 6.13. The van der Waals surface area contributed by atoms with E-state index in [9.17, 15) is 14.3 Å². The minimum Gasteiger partial charge on any atom is -0.504 e. The largest absolute Gasteiger partial charge is 0.504 e. The summed E-state index contributed by atoms with van der Waals surface area (Å²) in [7, 11) is 1.69. The van der Waals surface area contributed by atoms with Gasteiger partial charge >= 0.3 is 0 Å². The summed E-state index contributed by atoms with van der Waals surface area (Å²) in [5.41, 5.74) is 1.19. The fourth-order valence-electron chi connectivity index (χ4n) is 3.89. The van der Waals surface area contributed by atoms with Crippen molar-refractivity contribution in [1.82, 2.24) is 24.6 Å². The summed E-state index contributed by atoms with van der Waals surface area (Å²) in [4.78, 5) is 17.3. The molecule has 142 valence electrons. The Labute approximate surface area is 159 Å². The lowest BCUT2D eigenvalue weighted by atomic mass is 10.1. The molecule has 1 saturated heterocycles. The Balaban J connectivity index is 1.66. The van der Waals surface area contributed by atoms with Crippen molar-refractivity contribution in [2.24, 2.45) is 7.05 Å². The van der Waals surface area contributed by atoms with Gasteiger partial charge in [0.1, 0.15) is 5.52 Å². The Kier molecular flexibility index (Phi) is 3.70. The normalized spacial score (nSPS) is 17.0. The number of benzene rings is 1. The standard InChI is InChI=1S/C20H18FN5O2/c1-25-10-11-8-14(19(27)17(21)18(11)24-25)15-3-2-13-16(23-15)5-7-26(20(13)28)12-4-6-22-9-12/h2-3,5,7-8,10,12,22,27H,4,6,9H2,1H3/t12-/m0/s1. The van der Waals surface area contributed by atoms with E-state index in [1.54, 1.807) is 48.3 Å². The summed E-state index contributed by atoms with van der Waals surface area (Å²) in [6.07, 6.45) is 4.34. The summed E-state index contributed by atoms with van der Waals surface area (Å²) in [5, 5.41) is 18.7. The van der Waals surface area contributed by atoms with Gasteiger partial charge in [-0.15, -0.1) is 0 Å². The van der Waals surface area contributed by atoms with Crippen LogP contribution in [0.15, 0.2) is 41.5 Å². The van der Waals surface area contributed by atoms with Gasteiger partial charge in [0.2, 0.25) is 0 Å². The van der Waals surface area contributed by atoms with E-state index in [4.69, 9.17) is 0 Å². The fourth-order valence-corrected chi connectivity index (χ4v) is 3.89. The number of rotatable bonds is 2. The predicted molar refractivity (Wildman–Crippen MR) is 104 cm³/mol. The highest BCUT2D eigenvalue weighted by atomic mass is 19.1. The first-order chi connectivity index (χ1) is 13.5. The average molecular weight is 379 g/mol. The number of fused-ring (bicyclic) bond motifs is 2. The summed E-state index contributed by atoms with van der Waals surface area (Å²) in [6, 6.07) is 6.90. The lowest BCUT2D eigenvalue weighted by molar-refractivity contribution is 0.437. The first kappa shape index (κ1) is 16.9. The molecule has 0 radical (unpaired) electrons. The van der Waals surface area contributed by atoms with Gasteiger partial charge in [-0.05, 0) is 37.2 Å². The van der Waals surface area contributed by atoms with Crippen molar-refractivity contribution >= 4 is 21.8 Å². The molecule has 2 N–H and O–H groups in total. The number of aromatic nitrogens is 4. The average Bonchev–Trinajstić information content (AvgIpc) is 3.34. The number of pyridine rings is 2. The molecule has 4 heterocycles. The van der Waals surface area contributed by atoms with E-state index in [0.717, 1.165) is 19.5 Å². The molecule has 1 aliphatic heterocycles. The number of hydrogen-bond donors (Lipinski definition) is 2. The van der Waals surface area contributed by atoms with Gasteiger partial charge in [-0.25, -0.2) is 9.37 Å². The summed E-state index contributed by atoms with van der Waals surface area (Å²) >= 11 is 0. The van der Waals surface area contributed by atoms with Crippen LogP contribution in [0.4, 0.5) is 4.39 Å². The zero-order chi connectivity index (χ0) is 19.4. The number of nitrogens with zero attached hydrogens (tertiary/aromatic N) is 4. The molecule has 4 aromatic rings. The minimum atomic E-state index is -0.779. The molecule has 5 rings (SSSR count). The highest BCUT2D eigenvalue weighted by Crippen LogP contribution is 2.35. The third-order valence-corrected chi connectivity index (χ3v) is 5.31. The molecule has 3 aromatic heterocycles. The van der Waals surface area contributed by atoms with E-state index in [2.05, 4.69) is 15.4 Å². The van der Waals surface area contributed by atoms with E-state index in [1.165, 1.54) is 4.68 Å². The molecule has 7 nitrogen and oxygen atoms in total. The van der Waals surface area contributed by atoms with Crippen molar-refractivity contribution < 1.29 is 9.50 Å². The molecule has 0 saturated carbocycles. The second-order valence-corrected chi connectivity index (χ2v) is 7.13. The van der Waals surface area contributed by atoms with Gasteiger partial charge in [0.15, 0.2) is 11.6 Å². The summed E-state index contributed by atoms with van der Waals surface area (Å²) in [5.74, 6) is -1.28. The molecule has 0 amide bonds. The van der Waals surface area contributed by atoms with Gasteiger partial charge in [0, 0.05) is 36.9 Å². The van der Waals surface area contributed by atoms with E-state index in [0.29, 0.717) is 22.0 Å². The first-order valence-electron chi connectivity index (χ1n) is 9.11. The number of halogens is 1. The van der Waals surface area contributed by atoms with Crippen molar-refractivity contribution in [3.63, 3.8) is 0 Å². The van der Waals surface area contributed by atoms with Crippen LogP contribution in [0.5, 0.6) is 5.75 Å². The van der Waals surface area contributed by atoms with Crippen LogP contribution in [0.3, 0.4) is 0 Å². The number of aryl methyl sites for hydroxylation is 1. The molecule has 0 bridgehead atoms. The van der Waals surface area contributed by atoms with Crippen LogP contribution >= 0.6 is 0 Å². The number of phenols is 1. The maximum Gasteiger partial charge on any atom is 0.260 e. The van der Waals surface area contributed by atoms with Crippen molar-refractivity contribution in [3.05, 3.63) is 52.8 Å². The van der Waals surface area contributed by atoms with Crippen molar-refractivity contribution in [2.75, 3.05) is 13.1 Å². The van der Waals surface area contributed by atoms with Crippen molar-refractivity contribution in [3.8, 4) is 17.0 Å². The molecule has 0 aliphatic carbocycles. The molecule has 1 aliphatic rings. The van der Waals surface area contributed by atoms with Crippen molar-refractivity contribution in [1.29, 1.82) is 0 Å². The third-order valence-electron chi connectivity index (χ3n) is 5.31. The Hall–Kier alpha value is -3.26. The smallest absolute Gasteiger partial charge is 0.260 e. The Bertz CT molecular complexity index is 1290. The van der Waals surface area contributed by atoms with E-state index in [-0.39, 0.29) is 22.7 Å². The highest BCUT2D eigenvalue weighted by molar-refractivity contribution is 5.89. The summed E-state index contributed by atoms with van der Waals surface area (Å²) < 4.78 is 17.8. The summed E-state index contributed by atoms with van der Waals surface area (Å²) in [6.45, 7) is 1.67. The van der Waals surface area contributed by atoms with Crippen LogP contribution in [0.2, 0.25) is 0 Å². The van der Waals surface area contributed by atoms with Gasteiger partial charge < -0.3 is 15.0 Å². The van der Waals surface area contributed by atoms with E-state index >= 15 is 0 Å². The lowest BCUT2D eigenvalue weighted by Gasteiger charge is -2.13. The van der Waals surface area contributed by atoms with Gasteiger partial charge in [-0.3, -0.25) is 9.48 Å². The van der Waals surface area contributed by atoms with Crippen LogP contribution in [-0.2, 0) is 7.05 Å². The maximum absolute atomic E-state index is 14.5. The van der Waals surface area contributed by atoms with Gasteiger partial charge in [0.05, 0.1) is 22.6 Å². The quantitative estimate of drug-likeness (QED) is 0.558. The second-order valence-electron chi connectivity index (χ2n) is 7.13. The SMILES string of the molecule is Cn1cc2cc(-c3ccc4c(=O)n([C@H]5CCNC5)ccc4n3)c(O)c(F)c2n1.